The zero-order valence-corrected chi connectivity index (χ0v) is 9.19. The molecular weight excluding hydrogens is 241 g/mol. The van der Waals surface area contributed by atoms with E-state index in [9.17, 15) is 18.0 Å². The van der Waals surface area contributed by atoms with E-state index in [2.05, 4.69) is 4.74 Å². The zero-order valence-electron chi connectivity index (χ0n) is 8.38. The predicted molar refractivity (Wildman–Crippen MR) is 54.3 cm³/mol. The molecule has 0 amide bonds. The third-order valence-corrected chi connectivity index (χ3v) is 2.42. The lowest BCUT2D eigenvalue weighted by molar-refractivity contribution is -0.0328. The number of carbonyl (C=O) groups excluding carboxylic acids is 1. The van der Waals surface area contributed by atoms with Crippen LogP contribution < -0.4 is 0 Å². The Morgan fingerprint density at radius 3 is 2.56 bits per heavy atom. The minimum atomic E-state index is -4.41. The molecule has 88 valence electrons. The summed E-state index contributed by atoms with van der Waals surface area (Å²) in [6, 6.07) is 5.49. The summed E-state index contributed by atoms with van der Waals surface area (Å²) in [5, 5.41) is 0. The quantitative estimate of drug-likeness (QED) is 0.607. The van der Waals surface area contributed by atoms with Crippen LogP contribution in [0.2, 0.25) is 0 Å². The third-order valence-electron chi connectivity index (χ3n) is 1.61. The third kappa shape index (κ3) is 3.77. The number of hydrogen-bond donors (Lipinski definition) is 0. The van der Waals surface area contributed by atoms with Gasteiger partial charge in [-0.1, -0.05) is 12.1 Å². The highest BCUT2D eigenvalue weighted by Crippen LogP contribution is 2.38. The molecule has 0 spiro atoms. The molecule has 0 saturated heterocycles. The topological polar surface area (TPSA) is 26.3 Å². The lowest BCUT2D eigenvalue weighted by Crippen LogP contribution is -2.08. The van der Waals surface area contributed by atoms with Crippen molar-refractivity contribution in [3.63, 3.8) is 0 Å². The standard InChI is InChI=1S/C10H9F3O2S/c1-2-15-9(14)7-5-3-4-6-8(7)16-10(11,12)13/h3-6H,2H2,1H3. The van der Waals surface area contributed by atoms with Crippen molar-refractivity contribution in [2.45, 2.75) is 17.3 Å². The van der Waals surface area contributed by atoms with Gasteiger partial charge in [-0.05, 0) is 30.8 Å². The zero-order chi connectivity index (χ0) is 12.2. The van der Waals surface area contributed by atoms with Gasteiger partial charge in [-0.3, -0.25) is 0 Å². The highest BCUT2D eigenvalue weighted by molar-refractivity contribution is 8.00. The molecule has 1 aromatic rings. The van der Waals surface area contributed by atoms with Crippen LogP contribution in [0.3, 0.4) is 0 Å². The fraction of sp³-hybridized carbons (Fsp3) is 0.300. The Morgan fingerprint density at radius 2 is 2.00 bits per heavy atom. The number of hydrogen-bond acceptors (Lipinski definition) is 3. The summed E-state index contributed by atoms with van der Waals surface area (Å²) in [5.74, 6) is -0.741. The fourth-order valence-electron chi connectivity index (χ4n) is 1.06. The summed E-state index contributed by atoms with van der Waals surface area (Å²) in [5.41, 5.74) is -4.48. The van der Waals surface area contributed by atoms with E-state index in [1.165, 1.54) is 24.3 Å². The first-order chi connectivity index (χ1) is 7.44. The van der Waals surface area contributed by atoms with Gasteiger partial charge in [0.2, 0.25) is 0 Å². The number of halogens is 3. The van der Waals surface area contributed by atoms with Crippen molar-refractivity contribution >= 4 is 17.7 Å². The predicted octanol–water partition coefficient (Wildman–Crippen LogP) is 3.48. The van der Waals surface area contributed by atoms with Crippen molar-refractivity contribution in [2.24, 2.45) is 0 Å². The second-order valence-electron chi connectivity index (χ2n) is 2.76. The summed E-state index contributed by atoms with van der Waals surface area (Å²) in [7, 11) is 0. The number of ether oxygens (including phenoxy) is 1. The van der Waals surface area contributed by atoms with Crippen LogP contribution in [-0.4, -0.2) is 18.1 Å². The molecule has 0 aliphatic heterocycles. The van der Waals surface area contributed by atoms with Gasteiger partial charge in [-0.2, -0.15) is 13.2 Å². The smallest absolute Gasteiger partial charge is 0.446 e. The Hall–Kier alpha value is -1.17. The summed E-state index contributed by atoms with van der Waals surface area (Å²) in [6.07, 6.45) is 0. The molecule has 0 heterocycles. The highest BCUT2D eigenvalue weighted by Gasteiger charge is 2.31. The summed E-state index contributed by atoms with van der Waals surface area (Å²) < 4.78 is 41.2. The maximum atomic E-state index is 12.2. The van der Waals surface area contributed by atoms with Gasteiger partial charge in [-0.25, -0.2) is 4.79 Å². The summed E-state index contributed by atoms with van der Waals surface area (Å²) in [6.45, 7) is 1.72. The SMILES string of the molecule is CCOC(=O)c1ccccc1SC(F)(F)F. The molecule has 0 saturated carbocycles. The van der Waals surface area contributed by atoms with Gasteiger partial charge in [0, 0.05) is 4.90 Å². The van der Waals surface area contributed by atoms with Gasteiger partial charge in [0.15, 0.2) is 0 Å². The average Bonchev–Trinajstić information content (AvgIpc) is 2.16. The lowest BCUT2D eigenvalue weighted by atomic mass is 10.2. The number of carbonyl (C=O) groups is 1. The number of rotatable bonds is 3. The summed E-state index contributed by atoms with van der Waals surface area (Å²) in [4.78, 5) is 11.2. The molecule has 0 aliphatic carbocycles. The Bertz CT molecular complexity index is 377. The molecule has 0 unspecified atom stereocenters. The normalized spacial score (nSPS) is 11.2. The molecule has 1 rings (SSSR count). The molecular formula is C10H9F3O2S. The molecule has 0 fully saturated rings. The first-order valence-electron chi connectivity index (χ1n) is 4.46. The second-order valence-corrected chi connectivity index (χ2v) is 3.87. The van der Waals surface area contributed by atoms with E-state index in [0.29, 0.717) is 0 Å². The highest BCUT2D eigenvalue weighted by atomic mass is 32.2. The monoisotopic (exact) mass is 250 g/mol. The molecule has 0 N–H and O–H groups in total. The molecule has 16 heavy (non-hydrogen) atoms. The molecule has 6 heteroatoms. The van der Waals surface area contributed by atoms with Crippen molar-refractivity contribution < 1.29 is 22.7 Å². The molecule has 2 nitrogen and oxygen atoms in total. The van der Waals surface area contributed by atoms with Crippen LogP contribution in [0, 0.1) is 0 Å². The fourth-order valence-corrected chi connectivity index (χ4v) is 1.72. The number of benzene rings is 1. The maximum Gasteiger partial charge on any atom is 0.446 e. The van der Waals surface area contributed by atoms with Crippen LogP contribution in [0.5, 0.6) is 0 Å². The Balaban J connectivity index is 2.96. The van der Waals surface area contributed by atoms with Crippen LogP contribution in [0.1, 0.15) is 17.3 Å². The van der Waals surface area contributed by atoms with Crippen LogP contribution in [0.4, 0.5) is 13.2 Å². The van der Waals surface area contributed by atoms with E-state index in [4.69, 9.17) is 0 Å². The Morgan fingerprint density at radius 1 is 1.38 bits per heavy atom. The van der Waals surface area contributed by atoms with E-state index < -0.39 is 11.5 Å². The van der Waals surface area contributed by atoms with E-state index in [1.54, 1.807) is 6.92 Å². The van der Waals surface area contributed by atoms with E-state index in [1.807, 2.05) is 0 Å². The molecule has 0 aliphatic rings. The first kappa shape index (κ1) is 12.9. The van der Waals surface area contributed by atoms with Crippen LogP contribution in [0.25, 0.3) is 0 Å². The average molecular weight is 250 g/mol. The molecule has 0 radical (unpaired) electrons. The van der Waals surface area contributed by atoms with Crippen molar-refractivity contribution in [3.05, 3.63) is 29.8 Å². The maximum absolute atomic E-state index is 12.2. The Labute approximate surface area is 94.8 Å². The second kappa shape index (κ2) is 5.25. The van der Waals surface area contributed by atoms with Gasteiger partial charge in [-0.15, -0.1) is 0 Å². The molecule has 0 atom stereocenters. The van der Waals surface area contributed by atoms with Gasteiger partial charge >= 0.3 is 11.5 Å². The minimum Gasteiger partial charge on any atom is -0.462 e. The van der Waals surface area contributed by atoms with Gasteiger partial charge in [0.1, 0.15) is 0 Å². The molecule has 0 bridgehead atoms. The number of alkyl halides is 3. The van der Waals surface area contributed by atoms with Crippen molar-refractivity contribution in [2.75, 3.05) is 6.61 Å². The molecule has 0 aromatic heterocycles. The van der Waals surface area contributed by atoms with E-state index in [-0.39, 0.29) is 28.8 Å². The van der Waals surface area contributed by atoms with Crippen LogP contribution in [-0.2, 0) is 4.74 Å². The Kier molecular flexibility index (Phi) is 4.23. The van der Waals surface area contributed by atoms with Gasteiger partial charge < -0.3 is 4.74 Å². The van der Waals surface area contributed by atoms with Gasteiger partial charge in [0.05, 0.1) is 12.2 Å². The van der Waals surface area contributed by atoms with Crippen LogP contribution in [0.15, 0.2) is 29.2 Å². The van der Waals surface area contributed by atoms with Crippen molar-refractivity contribution in [3.8, 4) is 0 Å². The first-order valence-corrected chi connectivity index (χ1v) is 5.27. The van der Waals surface area contributed by atoms with Crippen LogP contribution >= 0.6 is 11.8 Å². The lowest BCUT2D eigenvalue weighted by Gasteiger charge is -2.09. The number of thioether (sulfide) groups is 1. The minimum absolute atomic E-state index is 0.0633. The van der Waals surface area contributed by atoms with Crippen molar-refractivity contribution in [1.82, 2.24) is 0 Å². The molecule has 1 aromatic carbocycles. The van der Waals surface area contributed by atoms with Crippen molar-refractivity contribution in [1.29, 1.82) is 0 Å². The van der Waals surface area contributed by atoms with E-state index >= 15 is 0 Å². The summed E-state index contributed by atoms with van der Waals surface area (Å²) >= 11 is -0.319. The van der Waals surface area contributed by atoms with E-state index in [0.717, 1.165) is 0 Å². The number of esters is 1. The largest absolute Gasteiger partial charge is 0.462 e. The van der Waals surface area contributed by atoms with Gasteiger partial charge in [0.25, 0.3) is 0 Å².